The van der Waals surface area contributed by atoms with Crippen molar-refractivity contribution in [2.24, 2.45) is 0 Å². The van der Waals surface area contributed by atoms with E-state index < -0.39 is 0 Å². The molecule has 0 bridgehead atoms. The molecule has 0 aromatic carbocycles. The van der Waals surface area contributed by atoms with Gasteiger partial charge in [-0.05, 0) is 14.0 Å². The fraction of sp³-hybridized carbons (Fsp3) is 0.929. The monoisotopic (exact) mass is 408 g/mol. The number of nitrogens with zero attached hydrogens (tertiary/aromatic N) is 2. The van der Waals surface area contributed by atoms with Gasteiger partial charge in [0.2, 0.25) is 5.91 Å². The third kappa shape index (κ3) is 9.58. The van der Waals surface area contributed by atoms with Crippen molar-refractivity contribution in [2.45, 2.75) is 25.4 Å². The number of nitrogens with one attached hydrogen (secondary N) is 2. The van der Waals surface area contributed by atoms with E-state index in [1.165, 1.54) is 5.75 Å². The maximum Gasteiger partial charge on any atom is 0.221 e. The van der Waals surface area contributed by atoms with Crippen molar-refractivity contribution >= 4 is 54.9 Å². The second-order valence-corrected chi connectivity index (χ2v) is 7.07. The molecule has 140 valence electrons. The first-order valence-electron chi connectivity index (χ1n) is 7.65. The molecule has 2 saturated heterocycles. The van der Waals surface area contributed by atoms with E-state index in [2.05, 4.69) is 34.4 Å². The SMILES string of the molecule is CC(CNC(=O)CC1CSCCN1)N1CCN(C)CC1.Cl.Cl.Cl. The number of likely N-dealkylation sites (N-methyl/N-ethyl adjacent to an activating group) is 1. The predicted octanol–water partition coefficient (Wildman–Crippen LogP) is 1.10. The van der Waals surface area contributed by atoms with Crippen LogP contribution < -0.4 is 10.6 Å². The molecule has 2 heterocycles. The smallest absolute Gasteiger partial charge is 0.221 e. The predicted molar refractivity (Wildman–Crippen MR) is 107 cm³/mol. The average Bonchev–Trinajstić information content (AvgIpc) is 2.46. The van der Waals surface area contributed by atoms with Crippen molar-refractivity contribution in [1.29, 1.82) is 0 Å². The summed E-state index contributed by atoms with van der Waals surface area (Å²) in [5.74, 6) is 2.41. The second kappa shape index (κ2) is 13.8. The lowest BCUT2D eigenvalue weighted by Crippen LogP contribution is -2.51. The molecule has 1 amide bonds. The Balaban J connectivity index is 0. The quantitative estimate of drug-likeness (QED) is 0.712. The molecule has 5 nitrogen and oxygen atoms in total. The van der Waals surface area contributed by atoms with Gasteiger partial charge in [-0.25, -0.2) is 0 Å². The summed E-state index contributed by atoms with van der Waals surface area (Å²) in [6.45, 7) is 8.47. The molecule has 2 aliphatic heterocycles. The number of piperazine rings is 1. The zero-order valence-electron chi connectivity index (χ0n) is 14.0. The summed E-state index contributed by atoms with van der Waals surface area (Å²) in [5.41, 5.74) is 0. The van der Waals surface area contributed by atoms with Crippen LogP contribution in [0.2, 0.25) is 0 Å². The molecule has 0 saturated carbocycles. The van der Waals surface area contributed by atoms with Gasteiger partial charge in [0, 0.05) is 69.3 Å². The summed E-state index contributed by atoms with van der Waals surface area (Å²) in [6.07, 6.45) is 0.614. The lowest BCUT2D eigenvalue weighted by atomic mass is 10.2. The summed E-state index contributed by atoms with van der Waals surface area (Å²) in [6, 6.07) is 0.786. The van der Waals surface area contributed by atoms with Crippen molar-refractivity contribution in [1.82, 2.24) is 20.4 Å². The summed E-state index contributed by atoms with van der Waals surface area (Å²) in [4.78, 5) is 16.8. The Morgan fingerprint density at radius 1 is 1.26 bits per heavy atom. The minimum Gasteiger partial charge on any atom is -0.354 e. The highest BCUT2D eigenvalue weighted by molar-refractivity contribution is 7.99. The molecule has 2 rings (SSSR count). The topological polar surface area (TPSA) is 47.6 Å². The summed E-state index contributed by atoms with van der Waals surface area (Å²) in [7, 11) is 2.17. The first-order chi connectivity index (χ1) is 9.65. The van der Waals surface area contributed by atoms with E-state index in [0.717, 1.165) is 45.0 Å². The first-order valence-corrected chi connectivity index (χ1v) is 8.81. The van der Waals surface area contributed by atoms with Crippen LogP contribution in [-0.4, -0.2) is 85.6 Å². The van der Waals surface area contributed by atoms with Crippen LogP contribution in [0.3, 0.4) is 0 Å². The maximum atomic E-state index is 12.0. The van der Waals surface area contributed by atoms with Gasteiger partial charge in [-0.3, -0.25) is 9.69 Å². The number of amides is 1. The highest BCUT2D eigenvalue weighted by Gasteiger charge is 2.20. The van der Waals surface area contributed by atoms with Gasteiger partial charge in [0.05, 0.1) is 0 Å². The molecule has 0 spiro atoms. The Morgan fingerprint density at radius 3 is 2.48 bits per heavy atom. The average molecular weight is 410 g/mol. The number of carbonyl (C=O) groups is 1. The number of thioether (sulfide) groups is 1. The van der Waals surface area contributed by atoms with Gasteiger partial charge in [0.1, 0.15) is 0 Å². The van der Waals surface area contributed by atoms with Crippen LogP contribution in [0, 0.1) is 0 Å². The van der Waals surface area contributed by atoms with E-state index in [9.17, 15) is 4.79 Å². The van der Waals surface area contributed by atoms with Crippen molar-refractivity contribution in [3.05, 3.63) is 0 Å². The number of halogens is 3. The largest absolute Gasteiger partial charge is 0.354 e. The molecule has 2 N–H and O–H groups in total. The van der Waals surface area contributed by atoms with E-state index in [0.29, 0.717) is 18.5 Å². The van der Waals surface area contributed by atoms with E-state index in [-0.39, 0.29) is 43.1 Å². The Morgan fingerprint density at radius 2 is 1.91 bits per heavy atom. The van der Waals surface area contributed by atoms with Crippen molar-refractivity contribution in [3.8, 4) is 0 Å². The van der Waals surface area contributed by atoms with Gasteiger partial charge >= 0.3 is 0 Å². The molecule has 0 aromatic heterocycles. The number of hydrogen-bond acceptors (Lipinski definition) is 5. The second-order valence-electron chi connectivity index (χ2n) is 5.92. The Hall–Kier alpha value is 0.570. The first kappa shape index (κ1) is 25.8. The molecule has 0 radical (unpaired) electrons. The lowest BCUT2D eigenvalue weighted by molar-refractivity contribution is -0.121. The number of hydrogen-bond donors (Lipinski definition) is 2. The Bertz CT molecular complexity index is 314. The third-order valence-electron chi connectivity index (χ3n) is 4.19. The summed E-state index contributed by atoms with van der Waals surface area (Å²) in [5, 5.41) is 6.50. The van der Waals surface area contributed by atoms with Gasteiger partial charge in [0.15, 0.2) is 0 Å². The van der Waals surface area contributed by atoms with Gasteiger partial charge in [-0.1, -0.05) is 0 Å². The van der Waals surface area contributed by atoms with Gasteiger partial charge in [-0.15, -0.1) is 37.2 Å². The zero-order valence-corrected chi connectivity index (χ0v) is 17.2. The van der Waals surface area contributed by atoms with E-state index in [4.69, 9.17) is 0 Å². The molecule has 2 fully saturated rings. The normalized spacial score (nSPS) is 23.7. The van der Waals surface area contributed by atoms with Crippen molar-refractivity contribution in [2.75, 3.05) is 57.8 Å². The van der Waals surface area contributed by atoms with E-state index in [1.807, 2.05) is 11.8 Å². The maximum absolute atomic E-state index is 12.0. The highest BCUT2D eigenvalue weighted by Crippen LogP contribution is 2.10. The molecule has 9 heteroatoms. The molecule has 2 atom stereocenters. The van der Waals surface area contributed by atoms with Gasteiger partial charge in [0.25, 0.3) is 0 Å². The molecule has 2 aliphatic rings. The van der Waals surface area contributed by atoms with Gasteiger partial charge < -0.3 is 15.5 Å². The Kier molecular flexibility index (Phi) is 15.5. The minimum absolute atomic E-state index is 0. The molecular formula is C14H31Cl3N4OS. The van der Waals surface area contributed by atoms with Crippen LogP contribution in [0.4, 0.5) is 0 Å². The highest BCUT2D eigenvalue weighted by atomic mass is 35.5. The molecule has 0 aliphatic carbocycles. The summed E-state index contributed by atoms with van der Waals surface area (Å²) >= 11 is 1.94. The van der Waals surface area contributed by atoms with Crippen LogP contribution >= 0.6 is 49.0 Å². The van der Waals surface area contributed by atoms with Crippen LogP contribution in [-0.2, 0) is 4.79 Å². The molecule has 23 heavy (non-hydrogen) atoms. The van der Waals surface area contributed by atoms with E-state index in [1.54, 1.807) is 0 Å². The fourth-order valence-electron chi connectivity index (χ4n) is 2.70. The fourth-order valence-corrected chi connectivity index (χ4v) is 3.65. The van der Waals surface area contributed by atoms with Crippen LogP contribution in [0.25, 0.3) is 0 Å². The van der Waals surface area contributed by atoms with E-state index >= 15 is 0 Å². The third-order valence-corrected chi connectivity index (χ3v) is 5.32. The zero-order chi connectivity index (χ0) is 14.4. The molecule has 2 unspecified atom stereocenters. The van der Waals surface area contributed by atoms with Crippen LogP contribution in [0.1, 0.15) is 13.3 Å². The van der Waals surface area contributed by atoms with Crippen molar-refractivity contribution in [3.63, 3.8) is 0 Å². The minimum atomic E-state index is 0. The van der Waals surface area contributed by atoms with Crippen LogP contribution in [0.5, 0.6) is 0 Å². The molecular weight excluding hydrogens is 379 g/mol. The number of carbonyl (C=O) groups excluding carboxylic acids is 1. The summed E-state index contributed by atoms with van der Waals surface area (Å²) < 4.78 is 0. The van der Waals surface area contributed by atoms with Crippen molar-refractivity contribution < 1.29 is 4.79 Å². The standard InChI is InChI=1S/C14H28N4OS.3ClH/c1-12(18-6-4-17(2)5-7-18)10-16-14(19)9-13-11-20-8-3-15-13;;;/h12-13,15H,3-11H2,1-2H3,(H,16,19);3*1H. The Labute approximate surface area is 163 Å². The number of rotatable bonds is 5. The lowest BCUT2D eigenvalue weighted by Gasteiger charge is -2.36. The van der Waals surface area contributed by atoms with Gasteiger partial charge in [-0.2, -0.15) is 11.8 Å². The van der Waals surface area contributed by atoms with Crippen LogP contribution in [0.15, 0.2) is 0 Å². The molecule has 0 aromatic rings.